The second kappa shape index (κ2) is 5.05. The number of rotatable bonds is 5. The molecule has 1 saturated carbocycles. The van der Waals surface area contributed by atoms with Crippen LogP contribution in [0.1, 0.15) is 18.4 Å². The Morgan fingerprint density at radius 2 is 1.74 bits per heavy atom. The summed E-state index contributed by atoms with van der Waals surface area (Å²) in [5.41, 5.74) is -0.183. The van der Waals surface area contributed by atoms with Crippen LogP contribution >= 0.6 is 11.6 Å². The summed E-state index contributed by atoms with van der Waals surface area (Å²) in [7, 11) is -3.32. The number of halogens is 1. The van der Waals surface area contributed by atoms with Crippen molar-refractivity contribution in [2.24, 2.45) is 5.41 Å². The van der Waals surface area contributed by atoms with Gasteiger partial charge in [-0.15, -0.1) is 0 Å². The van der Waals surface area contributed by atoms with Crippen molar-refractivity contribution >= 4 is 21.4 Å². The van der Waals surface area contributed by atoms with E-state index in [1.807, 2.05) is 0 Å². The first kappa shape index (κ1) is 14.8. The number of sulfone groups is 1. The van der Waals surface area contributed by atoms with Gasteiger partial charge in [0.25, 0.3) is 0 Å². The zero-order valence-corrected chi connectivity index (χ0v) is 12.2. The molecule has 1 fully saturated rings. The normalized spacial score (nSPS) is 25.3. The van der Waals surface area contributed by atoms with E-state index in [9.17, 15) is 18.6 Å². The van der Waals surface area contributed by atoms with Crippen LogP contribution < -0.4 is 0 Å². The van der Waals surface area contributed by atoms with Crippen molar-refractivity contribution in [2.45, 2.75) is 18.1 Å². The summed E-state index contributed by atoms with van der Waals surface area (Å²) in [6.07, 6.45) is 0. The second-order valence-corrected chi connectivity index (χ2v) is 7.80. The van der Waals surface area contributed by atoms with Crippen LogP contribution in [0.5, 0.6) is 0 Å². The first-order valence-corrected chi connectivity index (χ1v) is 8.21. The van der Waals surface area contributed by atoms with Crippen molar-refractivity contribution in [1.29, 1.82) is 0 Å². The van der Waals surface area contributed by atoms with Crippen LogP contribution in [0.2, 0.25) is 5.02 Å². The van der Waals surface area contributed by atoms with Crippen LogP contribution in [0.3, 0.4) is 0 Å². The molecule has 0 heterocycles. The maximum Gasteiger partial charge on any atom is 0.154 e. The van der Waals surface area contributed by atoms with Crippen LogP contribution in [0.15, 0.2) is 24.3 Å². The van der Waals surface area contributed by atoms with Crippen molar-refractivity contribution < 1.29 is 18.6 Å². The quantitative estimate of drug-likeness (QED) is 0.857. The average Bonchev–Trinajstić information content (AvgIpc) is 3.10. The molecule has 2 atom stereocenters. The lowest BCUT2D eigenvalue weighted by Gasteiger charge is -2.10. The van der Waals surface area contributed by atoms with Crippen molar-refractivity contribution in [2.75, 3.05) is 19.0 Å². The molecule has 0 amide bonds. The zero-order chi connectivity index (χ0) is 14.3. The van der Waals surface area contributed by atoms with Gasteiger partial charge in [-0.05, 0) is 17.7 Å². The molecule has 0 spiro atoms. The molecule has 4 nitrogen and oxygen atoms in total. The third-order valence-corrected chi connectivity index (χ3v) is 6.56. The highest BCUT2D eigenvalue weighted by Gasteiger charge is 2.69. The molecule has 0 unspecified atom stereocenters. The van der Waals surface area contributed by atoms with E-state index in [4.69, 9.17) is 11.6 Å². The van der Waals surface area contributed by atoms with Crippen molar-refractivity contribution in [1.82, 2.24) is 0 Å². The SMILES string of the molecule is CCS(=O)(=O)[C@@H]1[C@@H](c2ccc(Cl)cc2)C1(CO)CO. The molecule has 0 radical (unpaired) electrons. The maximum absolute atomic E-state index is 12.1. The maximum atomic E-state index is 12.1. The van der Waals surface area contributed by atoms with Gasteiger partial charge in [0.2, 0.25) is 0 Å². The molecule has 1 aliphatic rings. The summed E-state index contributed by atoms with van der Waals surface area (Å²) in [4.78, 5) is 0. The zero-order valence-electron chi connectivity index (χ0n) is 10.6. The van der Waals surface area contributed by atoms with Crippen LogP contribution in [0.4, 0.5) is 0 Å². The van der Waals surface area contributed by atoms with Gasteiger partial charge in [0.15, 0.2) is 9.84 Å². The van der Waals surface area contributed by atoms with E-state index in [1.54, 1.807) is 31.2 Å². The molecule has 1 aromatic carbocycles. The highest BCUT2D eigenvalue weighted by atomic mass is 35.5. The minimum atomic E-state index is -3.32. The molecule has 106 valence electrons. The Morgan fingerprint density at radius 1 is 1.21 bits per heavy atom. The van der Waals surface area contributed by atoms with E-state index >= 15 is 0 Å². The van der Waals surface area contributed by atoms with E-state index in [2.05, 4.69) is 0 Å². The predicted molar refractivity (Wildman–Crippen MR) is 74.0 cm³/mol. The van der Waals surface area contributed by atoms with E-state index in [-0.39, 0.29) is 24.9 Å². The fraction of sp³-hybridized carbons (Fsp3) is 0.538. The van der Waals surface area contributed by atoms with Gasteiger partial charge in [-0.25, -0.2) is 8.42 Å². The summed E-state index contributed by atoms with van der Waals surface area (Å²) in [6, 6.07) is 6.87. The smallest absolute Gasteiger partial charge is 0.154 e. The third kappa shape index (κ3) is 2.29. The highest BCUT2D eigenvalue weighted by molar-refractivity contribution is 7.92. The van der Waals surface area contributed by atoms with Crippen molar-refractivity contribution in [3.8, 4) is 0 Å². The summed E-state index contributed by atoms with van der Waals surface area (Å²) in [5, 5.41) is 18.9. The van der Waals surface area contributed by atoms with Crippen LogP contribution in [0.25, 0.3) is 0 Å². The highest BCUT2D eigenvalue weighted by Crippen LogP contribution is 2.62. The molecule has 6 heteroatoms. The van der Waals surface area contributed by atoms with Crippen molar-refractivity contribution in [3.63, 3.8) is 0 Å². The molecule has 2 N–H and O–H groups in total. The van der Waals surface area contributed by atoms with Gasteiger partial charge in [0.1, 0.15) is 0 Å². The van der Waals surface area contributed by atoms with E-state index in [0.717, 1.165) is 5.56 Å². The topological polar surface area (TPSA) is 74.6 Å². The van der Waals surface area contributed by atoms with Crippen LogP contribution in [0, 0.1) is 5.41 Å². The fourth-order valence-electron chi connectivity index (χ4n) is 2.80. The Bertz CT molecular complexity index is 549. The molecule has 19 heavy (non-hydrogen) atoms. The van der Waals surface area contributed by atoms with Gasteiger partial charge in [0, 0.05) is 22.1 Å². The Kier molecular flexibility index (Phi) is 3.93. The molecule has 2 rings (SSSR count). The number of benzene rings is 1. The Morgan fingerprint density at radius 3 is 2.16 bits per heavy atom. The minimum Gasteiger partial charge on any atom is -0.396 e. The molecule has 1 aromatic rings. The van der Waals surface area contributed by atoms with Crippen LogP contribution in [-0.4, -0.2) is 42.8 Å². The largest absolute Gasteiger partial charge is 0.396 e. The van der Waals surface area contributed by atoms with Gasteiger partial charge >= 0.3 is 0 Å². The summed E-state index contributed by atoms with van der Waals surface area (Å²) in [6.45, 7) is 0.882. The molecule has 1 aliphatic carbocycles. The predicted octanol–water partition coefficient (Wildman–Crippen LogP) is 1.21. The molecular weight excluding hydrogens is 288 g/mol. The lowest BCUT2D eigenvalue weighted by molar-refractivity contribution is 0.130. The van der Waals surface area contributed by atoms with Gasteiger partial charge in [-0.2, -0.15) is 0 Å². The Hall–Kier alpha value is -0.620. The van der Waals surface area contributed by atoms with E-state index < -0.39 is 20.5 Å². The Labute approximate surface area is 117 Å². The monoisotopic (exact) mass is 304 g/mol. The lowest BCUT2D eigenvalue weighted by Crippen LogP contribution is -2.23. The summed E-state index contributed by atoms with van der Waals surface area (Å²) >= 11 is 5.81. The van der Waals surface area contributed by atoms with Gasteiger partial charge in [-0.1, -0.05) is 30.7 Å². The third-order valence-electron chi connectivity index (χ3n) is 3.99. The lowest BCUT2D eigenvalue weighted by atomic mass is 10.0. The van der Waals surface area contributed by atoms with E-state index in [1.165, 1.54) is 0 Å². The number of aliphatic hydroxyl groups excluding tert-OH is 2. The molecule has 0 aromatic heterocycles. The molecule has 0 saturated heterocycles. The van der Waals surface area contributed by atoms with E-state index in [0.29, 0.717) is 5.02 Å². The molecule has 0 bridgehead atoms. The summed E-state index contributed by atoms with van der Waals surface area (Å²) in [5.74, 6) is -0.367. The second-order valence-electron chi connectivity index (χ2n) is 4.95. The van der Waals surface area contributed by atoms with Gasteiger partial charge in [-0.3, -0.25) is 0 Å². The number of hydrogen-bond acceptors (Lipinski definition) is 4. The average molecular weight is 305 g/mol. The standard InChI is InChI=1S/C13H17ClO4S/c1-2-19(17,18)12-11(13(12,7-15)8-16)9-3-5-10(14)6-4-9/h3-6,11-12,15-16H,2,7-8H2,1H3/t11-,12-/m1/s1. The number of aliphatic hydroxyl groups is 2. The fourth-order valence-corrected chi connectivity index (χ4v) is 5.06. The number of hydrogen-bond donors (Lipinski definition) is 2. The van der Waals surface area contributed by atoms with Gasteiger partial charge < -0.3 is 10.2 Å². The molecular formula is C13H17ClO4S. The van der Waals surface area contributed by atoms with Crippen molar-refractivity contribution in [3.05, 3.63) is 34.9 Å². The van der Waals surface area contributed by atoms with Gasteiger partial charge in [0.05, 0.1) is 18.5 Å². The summed E-state index contributed by atoms with van der Waals surface area (Å²) < 4.78 is 24.2. The van der Waals surface area contributed by atoms with Crippen LogP contribution in [-0.2, 0) is 9.84 Å². The first-order chi connectivity index (χ1) is 8.93. The first-order valence-electron chi connectivity index (χ1n) is 6.11. The minimum absolute atomic E-state index is 0.00348. The molecule has 0 aliphatic heterocycles. The Balaban J connectivity index is 2.42.